The van der Waals surface area contributed by atoms with Crippen molar-refractivity contribution < 1.29 is 21.6 Å². The highest BCUT2D eigenvalue weighted by Crippen LogP contribution is 2.41. The highest BCUT2D eigenvalue weighted by atomic mass is 32.2. The third-order valence-electron chi connectivity index (χ3n) is 8.12. The van der Waals surface area contributed by atoms with Crippen molar-refractivity contribution in [3.05, 3.63) is 60.2 Å². The van der Waals surface area contributed by atoms with E-state index < -0.39 is 22.6 Å². The number of anilines is 1. The van der Waals surface area contributed by atoms with Gasteiger partial charge in [0.15, 0.2) is 9.84 Å². The zero-order valence-corrected chi connectivity index (χ0v) is 21.4. The maximum absolute atomic E-state index is 13.1. The molecule has 196 valence electrons. The first kappa shape index (κ1) is 25.5. The third kappa shape index (κ3) is 5.73. The van der Waals surface area contributed by atoms with Gasteiger partial charge in [-0.25, -0.2) is 8.42 Å². The molecule has 3 saturated heterocycles. The Balaban J connectivity index is 1.32. The van der Waals surface area contributed by atoms with Gasteiger partial charge in [0.1, 0.15) is 0 Å². The van der Waals surface area contributed by atoms with Gasteiger partial charge in [-0.15, -0.1) is 0 Å². The summed E-state index contributed by atoms with van der Waals surface area (Å²) in [6, 6.07) is 17.7. The van der Waals surface area contributed by atoms with Crippen molar-refractivity contribution in [1.82, 2.24) is 9.80 Å². The molecule has 2 aromatic rings. The summed E-state index contributed by atoms with van der Waals surface area (Å²) in [5.41, 5.74) is 2.11. The van der Waals surface area contributed by atoms with Crippen molar-refractivity contribution in [2.24, 2.45) is 5.92 Å². The monoisotopic (exact) mass is 521 g/mol. The van der Waals surface area contributed by atoms with Crippen molar-refractivity contribution in [3.8, 4) is 0 Å². The number of rotatable bonds is 6. The van der Waals surface area contributed by atoms with E-state index in [1.807, 2.05) is 24.3 Å². The molecule has 0 aliphatic carbocycles. The second-order valence-electron chi connectivity index (χ2n) is 10.6. The largest absolute Gasteiger partial charge is 0.401 e. The second kappa shape index (κ2) is 9.99. The summed E-state index contributed by atoms with van der Waals surface area (Å²) in [5, 5.41) is 0. The summed E-state index contributed by atoms with van der Waals surface area (Å²) in [7, 11) is -3.29. The highest BCUT2D eigenvalue weighted by Gasteiger charge is 2.46. The van der Waals surface area contributed by atoms with Crippen molar-refractivity contribution in [2.45, 2.75) is 54.9 Å². The van der Waals surface area contributed by atoms with Crippen LogP contribution in [0.15, 0.2) is 59.5 Å². The molecular formula is C27H34F3N3O2S. The molecule has 0 unspecified atom stereocenters. The number of halogens is 3. The number of hydrogen-bond donors (Lipinski definition) is 0. The predicted octanol–water partition coefficient (Wildman–Crippen LogP) is 4.76. The van der Waals surface area contributed by atoms with Crippen molar-refractivity contribution in [3.63, 3.8) is 0 Å². The standard InChI is InChI=1S/C27H34F3N3O2S/c1-36(34,35)25-9-5-8-22(16-25)31-12-13-32(26(18-31)21-6-3-2-4-7-21)17-20-14-23-10-11-24(15-20)33(23)19-27(28,29)30/h2-9,16,20,23-24,26H,10-15,17-19H2,1H3/t20-,23-,24+,26-/m0/s1. The van der Waals surface area contributed by atoms with E-state index in [0.29, 0.717) is 10.8 Å². The fourth-order valence-electron chi connectivity index (χ4n) is 6.51. The minimum Gasteiger partial charge on any atom is -0.368 e. The molecular weight excluding hydrogens is 487 g/mol. The molecule has 0 radical (unpaired) electrons. The van der Waals surface area contributed by atoms with E-state index in [4.69, 9.17) is 0 Å². The van der Waals surface area contributed by atoms with E-state index in [1.165, 1.54) is 11.8 Å². The van der Waals surface area contributed by atoms with Crippen LogP contribution in [0.3, 0.4) is 0 Å². The zero-order valence-electron chi connectivity index (χ0n) is 20.6. The Morgan fingerprint density at radius 3 is 2.28 bits per heavy atom. The van der Waals surface area contributed by atoms with Crippen LogP contribution in [0.5, 0.6) is 0 Å². The van der Waals surface area contributed by atoms with Gasteiger partial charge in [0.2, 0.25) is 0 Å². The topological polar surface area (TPSA) is 43.9 Å². The van der Waals surface area contributed by atoms with Gasteiger partial charge in [-0.2, -0.15) is 13.2 Å². The van der Waals surface area contributed by atoms with Crippen LogP contribution in [0.25, 0.3) is 0 Å². The van der Waals surface area contributed by atoms with Gasteiger partial charge in [0, 0.05) is 50.2 Å². The number of nitrogens with zero attached hydrogens (tertiary/aromatic N) is 3. The maximum Gasteiger partial charge on any atom is 0.401 e. The van der Waals surface area contributed by atoms with Crippen LogP contribution >= 0.6 is 0 Å². The molecule has 3 aliphatic heterocycles. The Morgan fingerprint density at radius 1 is 0.944 bits per heavy atom. The lowest BCUT2D eigenvalue weighted by molar-refractivity contribution is -0.157. The molecule has 2 bridgehead atoms. The SMILES string of the molecule is CS(=O)(=O)c1cccc(N2CCN(C[C@@H]3C[C@H]4CC[C@@H](C3)N4CC(F)(F)F)[C@H](c3ccccc3)C2)c1. The van der Waals surface area contributed by atoms with Gasteiger partial charge in [-0.05, 0) is 55.4 Å². The molecule has 4 atom stereocenters. The first-order valence-electron chi connectivity index (χ1n) is 12.7. The fraction of sp³-hybridized carbons (Fsp3) is 0.556. The van der Waals surface area contributed by atoms with Crippen LogP contribution in [0.4, 0.5) is 18.9 Å². The minimum absolute atomic E-state index is 0.0329. The van der Waals surface area contributed by atoms with Crippen molar-refractivity contribution in [2.75, 3.05) is 43.9 Å². The summed E-state index contributed by atoms with van der Waals surface area (Å²) >= 11 is 0. The molecule has 3 heterocycles. The van der Waals surface area contributed by atoms with Gasteiger partial charge in [-0.1, -0.05) is 36.4 Å². The van der Waals surface area contributed by atoms with E-state index in [9.17, 15) is 21.6 Å². The molecule has 0 spiro atoms. The molecule has 5 rings (SSSR count). The predicted molar refractivity (Wildman–Crippen MR) is 135 cm³/mol. The second-order valence-corrected chi connectivity index (χ2v) is 12.7. The first-order valence-corrected chi connectivity index (χ1v) is 14.6. The average molecular weight is 522 g/mol. The van der Waals surface area contributed by atoms with Gasteiger partial charge in [0.25, 0.3) is 0 Å². The summed E-state index contributed by atoms with van der Waals surface area (Å²) in [5.74, 6) is 0.387. The number of alkyl halides is 3. The van der Waals surface area contributed by atoms with E-state index in [2.05, 4.69) is 21.9 Å². The molecule has 3 fully saturated rings. The number of hydrogen-bond acceptors (Lipinski definition) is 5. The maximum atomic E-state index is 13.1. The van der Waals surface area contributed by atoms with Crippen LogP contribution in [-0.2, 0) is 9.84 Å². The van der Waals surface area contributed by atoms with Crippen LogP contribution < -0.4 is 4.90 Å². The van der Waals surface area contributed by atoms with E-state index >= 15 is 0 Å². The fourth-order valence-corrected chi connectivity index (χ4v) is 7.17. The summed E-state index contributed by atoms with van der Waals surface area (Å²) < 4.78 is 63.5. The quantitative estimate of drug-likeness (QED) is 0.549. The number of piperidine rings is 1. The first-order chi connectivity index (χ1) is 17.1. The third-order valence-corrected chi connectivity index (χ3v) is 9.23. The molecule has 3 aliphatic rings. The summed E-state index contributed by atoms with van der Waals surface area (Å²) in [6.07, 6.45) is 0.462. The Labute approximate surface area is 211 Å². The number of sulfone groups is 1. The zero-order chi connectivity index (χ0) is 25.5. The van der Waals surface area contributed by atoms with Crippen LogP contribution in [0, 0.1) is 5.92 Å². The van der Waals surface area contributed by atoms with Crippen molar-refractivity contribution in [1.29, 1.82) is 0 Å². The van der Waals surface area contributed by atoms with Gasteiger partial charge < -0.3 is 4.90 Å². The Bertz CT molecular complexity index is 1140. The lowest BCUT2D eigenvalue weighted by Gasteiger charge is -2.46. The van der Waals surface area contributed by atoms with Gasteiger partial charge in [0.05, 0.1) is 17.5 Å². The molecule has 0 saturated carbocycles. The number of fused-ring (bicyclic) bond motifs is 2. The van der Waals surface area contributed by atoms with E-state index in [0.717, 1.165) is 57.5 Å². The minimum atomic E-state index is -4.14. The summed E-state index contributed by atoms with van der Waals surface area (Å²) in [4.78, 5) is 6.77. The molecule has 36 heavy (non-hydrogen) atoms. The Kier molecular flexibility index (Phi) is 7.09. The number of piperazine rings is 1. The smallest absolute Gasteiger partial charge is 0.368 e. The summed E-state index contributed by atoms with van der Waals surface area (Å²) in [6.45, 7) is 2.42. The average Bonchev–Trinajstić information content (AvgIpc) is 3.05. The Morgan fingerprint density at radius 2 is 1.64 bits per heavy atom. The molecule has 5 nitrogen and oxygen atoms in total. The lowest BCUT2D eigenvalue weighted by atomic mass is 9.89. The van der Waals surface area contributed by atoms with E-state index in [1.54, 1.807) is 23.1 Å². The van der Waals surface area contributed by atoms with Gasteiger partial charge in [-0.3, -0.25) is 9.80 Å². The van der Waals surface area contributed by atoms with Gasteiger partial charge >= 0.3 is 6.18 Å². The normalized spacial score (nSPS) is 27.9. The Hall–Kier alpha value is -2.10. The van der Waals surface area contributed by atoms with Crippen LogP contribution in [-0.4, -0.2) is 75.5 Å². The molecule has 0 amide bonds. The molecule has 0 N–H and O–H groups in total. The highest BCUT2D eigenvalue weighted by molar-refractivity contribution is 7.90. The number of benzene rings is 2. The molecule has 2 aromatic carbocycles. The van der Waals surface area contributed by atoms with E-state index in [-0.39, 0.29) is 18.1 Å². The molecule has 0 aromatic heterocycles. The lowest BCUT2D eigenvalue weighted by Crippen LogP contribution is -2.52. The van der Waals surface area contributed by atoms with Crippen LogP contribution in [0.2, 0.25) is 0 Å². The van der Waals surface area contributed by atoms with Crippen LogP contribution in [0.1, 0.15) is 37.3 Å². The van der Waals surface area contributed by atoms with Crippen molar-refractivity contribution >= 4 is 15.5 Å². The molecule has 9 heteroatoms.